The van der Waals surface area contributed by atoms with E-state index in [4.69, 9.17) is 0 Å². The first-order valence-electron chi connectivity index (χ1n) is 7.95. The summed E-state index contributed by atoms with van der Waals surface area (Å²) in [5.74, 6) is 0.491. The Bertz CT molecular complexity index is 469. The van der Waals surface area contributed by atoms with Crippen molar-refractivity contribution in [2.24, 2.45) is 5.92 Å². The van der Waals surface area contributed by atoms with Gasteiger partial charge in [0.05, 0.1) is 0 Å². The van der Waals surface area contributed by atoms with Gasteiger partial charge in [0.2, 0.25) is 5.91 Å². The molecule has 1 fully saturated rings. The molecule has 0 unspecified atom stereocenters. The van der Waals surface area contributed by atoms with Gasteiger partial charge in [0.25, 0.3) is 0 Å². The van der Waals surface area contributed by atoms with Gasteiger partial charge in [0.15, 0.2) is 0 Å². The standard InChI is InChI=1S/C17H26BrN3O/c1-20(2)11-12-21(13-14-3-5-16(18)6-4-14)17(22)15-7-9-19-10-8-15/h3-6,15,19H,7-13H2,1-2H3. The maximum atomic E-state index is 12.9. The SMILES string of the molecule is CN(C)CCN(Cc1ccc(Br)cc1)C(=O)C1CCNCC1. The van der Waals surface area contributed by atoms with Crippen LogP contribution in [0.25, 0.3) is 0 Å². The number of carbonyl (C=O) groups is 1. The Balaban J connectivity index is 2.03. The highest BCUT2D eigenvalue weighted by atomic mass is 79.9. The molecule has 1 amide bonds. The molecule has 1 aromatic carbocycles. The molecule has 1 saturated heterocycles. The Morgan fingerprint density at radius 3 is 2.41 bits per heavy atom. The Morgan fingerprint density at radius 1 is 1.18 bits per heavy atom. The Hall–Kier alpha value is -0.910. The van der Waals surface area contributed by atoms with Crippen molar-refractivity contribution >= 4 is 21.8 Å². The minimum atomic E-state index is 0.180. The number of carbonyl (C=O) groups excluding carboxylic acids is 1. The number of piperidine rings is 1. The second-order valence-corrected chi connectivity index (χ2v) is 7.13. The van der Waals surface area contributed by atoms with Gasteiger partial charge in [-0.05, 0) is 57.7 Å². The molecule has 1 aromatic rings. The van der Waals surface area contributed by atoms with Gasteiger partial charge in [0, 0.05) is 30.0 Å². The molecule has 0 aromatic heterocycles. The van der Waals surface area contributed by atoms with Gasteiger partial charge in [-0.2, -0.15) is 0 Å². The number of nitrogens with zero attached hydrogens (tertiary/aromatic N) is 2. The van der Waals surface area contributed by atoms with E-state index in [0.717, 1.165) is 43.5 Å². The summed E-state index contributed by atoms with van der Waals surface area (Å²) in [7, 11) is 4.10. The number of nitrogens with one attached hydrogen (secondary N) is 1. The normalized spacial score (nSPS) is 16.0. The van der Waals surface area contributed by atoms with Gasteiger partial charge < -0.3 is 15.1 Å². The van der Waals surface area contributed by atoms with Crippen molar-refractivity contribution in [3.05, 3.63) is 34.3 Å². The van der Waals surface area contributed by atoms with E-state index < -0.39 is 0 Å². The van der Waals surface area contributed by atoms with E-state index >= 15 is 0 Å². The quantitative estimate of drug-likeness (QED) is 0.837. The van der Waals surface area contributed by atoms with Crippen LogP contribution < -0.4 is 5.32 Å². The van der Waals surface area contributed by atoms with Gasteiger partial charge in [-0.1, -0.05) is 28.1 Å². The zero-order valence-electron chi connectivity index (χ0n) is 13.5. The molecule has 0 saturated carbocycles. The molecule has 2 rings (SSSR count). The number of rotatable bonds is 6. The molecule has 1 aliphatic rings. The fraction of sp³-hybridized carbons (Fsp3) is 0.588. The third kappa shape index (κ3) is 5.38. The number of amides is 1. The van der Waals surface area contributed by atoms with Crippen molar-refractivity contribution in [3.8, 4) is 0 Å². The Kier molecular flexibility index (Phi) is 6.86. The lowest BCUT2D eigenvalue weighted by molar-refractivity contribution is -0.137. The minimum Gasteiger partial charge on any atom is -0.337 e. The average molecular weight is 368 g/mol. The van der Waals surface area contributed by atoms with Crippen LogP contribution in [-0.4, -0.2) is 56.0 Å². The number of likely N-dealkylation sites (N-methyl/N-ethyl adjacent to an activating group) is 1. The predicted octanol–water partition coefficient (Wildman–Crippen LogP) is 2.34. The largest absolute Gasteiger partial charge is 0.337 e. The summed E-state index contributed by atoms with van der Waals surface area (Å²) >= 11 is 3.46. The lowest BCUT2D eigenvalue weighted by atomic mass is 9.96. The topological polar surface area (TPSA) is 35.6 Å². The van der Waals surface area contributed by atoms with Crippen LogP contribution in [0.15, 0.2) is 28.7 Å². The summed E-state index contributed by atoms with van der Waals surface area (Å²) < 4.78 is 1.07. The molecule has 1 aliphatic heterocycles. The van der Waals surface area contributed by atoms with E-state index in [-0.39, 0.29) is 5.92 Å². The summed E-state index contributed by atoms with van der Waals surface area (Å²) in [5, 5.41) is 3.33. The van der Waals surface area contributed by atoms with Crippen LogP contribution in [0.3, 0.4) is 0 Å². The highest BCUT2D eigenvalue weighted by Crippen LogP contribution is 2.18. The van der Waals surface area contributed by atoms with Crippen molar-refractivity contribution in [1.29, 1.82) is 0 Å². The monoisotopic (exact) mass is 367 g/mol. The van der Waals surface area contributed by atoms with Crippen LogP contribution >= 0.6 is 15.9 Å². The highest BCUT2D eigenvalue weighted by molar-refractivity contribution is 9.10. The molecule has 1 N–H and O–H groups in total. The summed E-state index contributed by atoms with van der Waals surface area (Å²) in [5.41, 5.74) is 1.18. The van der Waals surface area contributed by atoms with Crippen molar-refractivity contribution in [1.82, 2.24) is 15.1 Å². The van der Waals surface area contributed by atoms with Crippen LogP contribution in [0.1, 0.15) is 18.4 Å². The van der Waals surface area contributed by atoms with E-state index in [2.05, 4.69) is 38.3 Å². The van der Waals surface area contributed by atoms with E-state index in [1.807, 2.05) is 31.1 Å². The lowest BCUT2D eigenvalue weighted by Crippen LogP contribution is -2.43. The van der Waals surface area contributed by atoms with Gasteiger partial charge >= 0.3 is 0 Å². The van der Waals surface area contributed by atoms with Gasteiger partial charge in [-0.25, -0.2) is 0 Å². The predicted molar refractivity (Wildman–Crippen MR) is 93.7 cm³/mol. The summed E-state index contributed by atoms with van der Waals surface area (Å²) in [6.45, 7) is 4.29. The van der Waals surface area contributed by atoms with Crippen molar-refractivity contribution < 1.29 is 4.79 Å². The zero-order valence-corrected chi connectivity index (χ0v) is 15.1. The molecule has 0 aliphatic carbocycles. The lowest BCUT2D eigenvalue weighted by Gasteiger charge is -2.30. The highest BCUT2D eigenvalue weighted by Gasteiger charge is 2.25. The Morgan fingerprint density at radius 2 is 1.82 bits per heavy atom. The van der Waals surface area contributed by atoms with Crippen LogP contribution in [-0.2, 0) is 11.3 Å². The van der Waals surface area contributed by atoms with Crippen molar-refractivity contribution in [2.45, 2.75) is 19.4 Å². The number of hydrogen-bond acceptors (Lipinski definition) is 3. The van der Waals surface area contributed by atoms with E-state index in [1.54, 1.807) is 0 Å². The van der Waals surface area contributed by atoms with Crippen molar-refractivity contribution in [2.75, 3.05) is 40.3 Å². The van der Waals surface area contributed by atoms with Gasteiger partial charge in [-0.15, -0.1) is 0 Å². The summed E-state index contributed by atoms with van der Waals surface area (Å²) in [6.07, 6.45) is 1.91. The zero-order chi connectivity index (χ0) is 15.9. The molecule has 0 spiro atoms. The van der Waals surface area contributed by atoms with Crippen LogP contribution in [0.5, 0.6) is 0 Å². The molecular weight excluding hydrogens is 342 g/mol. The first kappa shape index (κ1) is 17.4. The molecule has 5 heteroatoms. The smallest absolute Gasteiger partial charge is 0.226 e. The summed E-state index contributed by atoms with van der Waals surface area (Å²) in [6, 6.07) is 8.24. The molecule has 4 nitrogen and oxygen atoms in total. The molecule has 122 valence electrons. The fourth-order valence-corrected chi connectivity index (χ4v) is 2.99. The second kappa shape index (κ2) is 8.65. The molecule has 22 heavy (non-hydrogen) atoms. The maximum absolute atomic E-state index is 12.9. The van der Waals surface area contributed by atoms with E-state index in [0.29, 0.717) is 12.5 Å². The molecule has 0 bridgehead atoms. The number of halogens is 1. The molecular formula is C17H26BrN3O. The third-order valence-electron chi connectivity index (χ3n) is 4.10. The van der Waals surface area contributed by atoms with Crippen LogP contribution in [0.2, 0.25) is 0 Å². The molecule has 0 atom stereocenters. The second-order valence-electron chi connectivity index (χ2n) is 6.21. The van der Waals surface area contributed by atoms with E-state index in [1.165, 1.54) is 5.56 Å². The Labute approximate surface area is 142 Å². The van der Waals surface area contributed by atoms with E-state index in [9.17, 15) is 4.79 Å². The minimum absolute atomic E-state index is 0.180. The van der Waals surface area contributed by atoms with Gasteiger partial charge in [-0.3, -0.25) is 4.79 Å². The fourth-order valence-electron chi connectivity index (χ4n) is 2.73. The van der Waals surface area contributed by atoms with Crippen LogP contribution in [0.4, 0.5) is 0 Å². The summed E-state index contributed by atoms with van der Waals surface area (Å²) in [4.78, 5) is 17.0. The number of hydrogen-bond donors (Lipinski definition) is 1. The number of benzene rings is 1. The molecule has 0 radical (unpaired) electrons. The van der Waals surface area contributed by atoms with Crippen LogP contribution in [0, 0.1) is 5.92 Å². The molecule has 1 heterocycles. The first-order valence-corrected chi connectivity index (χ1v) is 8.74. The van der Waals surface area contributed by atoms with Gasteiger partial charge in [0.1, 0.15) is 0 Å². The maximum Gasteiger partial charge on any atom is 0.226 e. The average Bonchev–Trinajstić information content (AvgIpc) is 2.53. The first-order chi connectivity index (χ1) is 10.6. The van der Waals surface area contributed by atoms with Crippen molar-refractivity contribution in [3.63, 3.8) is 0 Å². The third-order valence-corrected chi connectivity index (χ3v) is 4.63.